The molecule has 0 N–H and O–H groups in total. The quantitative estimate of drug-likeness (QED) is 0.808. The fraction of sp³-hybridized carbons (Fsp3) is 0.200. The lowest BCUT2D eigenvalue weighted by atomic mass is 10.4. The van der Waals surface area contributed by atoms with Crippen molar-refractivity contribution in [3.63, 3.8) is 0 Å². The van der Waals surface area contributed by atoms with Crippen LogP contribution in [0.25, 0.3) is 10.7 Å². The number of hydrogen-bond donors (Lipinski definition) is 0. The predicted molar refractivity (Wildman–Crippen MR) is 73.1 cm³/mol. The molecule has 0 atom stereocenters. The van der Waals surface area contributed by atoms with E-state index in [-0.39, 0.29) is 0 Å². The van der Waals surface area contributed by atoms with Crippen LogP contribution in [0.5, 0.6) is 0 Å². The molecule has 0 amide bonds. The summed E-state index contributed by atoms with van der Waals surface area (Å²) in [6.45, 7) is 3.80. The SMILES string of the molecule is C=C(Br)CSc1nnc(-c2cccs2)n1C. The van der Waals surface area contributed by atoms with Crippen molar-refractivity contribution in [2.24, 2.45) is 7.05 Å². The van der Waals surface area contributed by atoms with E-state index in [9.17, 15) is 0 Å². The second-order valence-corrected chi connectivity index (χ2v) is 6.16. The zero-order chi connectivity index (χ0) is 11.5. The largest absolute Gasteiger partial charge is 0.304 e. The number of hydrogen-bond acceptors (Lipinski definition) is 4. The van der Waals surface area contributed by atoms with E-state index in [2.05, 4.69) is 32.7 Å². The van der Waals surface area contributed by atoms with Crippen molar-refractivity contribution in [1.82, 2.24) is 14.8 Å². The first-order valence-electron chi connectivity index (χ1n) is 4.58. The summed E-state index contributed by atoms with van der Waals surface area (Å²) in [5, 5.41) is 11.3. The van der Waals surface area contributed by atoms with E-state index in [0.29, 0.717) is 0 Å². The van der Waals surface area contributed by atoms with Crippen LogP contribution in [0, 0.1) is 0 Å². The molecule has 2 aromatic heterocycles. The van der Waals surface area contributed by atoms with E-state index in [4.69, 9.17) is 0 Å². The van der Waals surface area contributed by atoms with Gasteiger partial charge >= 0.3 is 0 Å². The maximum absolute atomic E-state index is 4.19. The highest BCUT2D eigenvalue weighted by atomic mass is 79.9. The lowest BCUT2D eigenvalue weighted by Gasteiger charge is -2.01. The molecule has 0 radical (unpaired) electrons. The maximum Gasteiger partial charge on any atom is 0.191 e. The third-order valence-corrected chi connectivity index (χ3v) is 4.56. The second-order valence-electron chi connectivity index (χ2n) is 3.15. The Hall–Kier alpha value is -0.590. The molecule has 2 aromatic rings. The molecule has 0 saturated carbocycles. The van der Waals surface area contributed by atoms with Crippen molar-refractivity contribution in [2.75, 3.05) is 5.75 Å². The van der Waals surface area contributed by atoms with Crippen LogP contribution in [-0.4, -0.2) is 20.5 Å². The highest BCUT2D eigenvalue weighted by Gasteiger charge is 2.11. The first-order valence-corrected chi connectivity index (χ1v) is 7.23. The van der Waals surface area contributed by atoms with E-state index in [1.165, 1.54) is 0 Å². The fourth-order valence-corrected chi connectivity index (χ4v) is 2.96. The van der Waals surface area contributed by atoms with Crippen molar-refractivity contribution in [2.45, 2.75) is 5.16 Å². The molecule has 84 valence electrons. The lowest BCUT2D eigenvalue weighted by molar-refractivity contribution is 0.795. The molecular formula is C10H10BrN3S2. The van der Waals surface area contributed by atoms with E-state index in [0.717, 1.165) is 26.1 Å². The molecule has 0 spiro atoms. The third kappa shape index (κ3) is 2.56. The molecule has 0 aliphatic heterocycles. The molecule has 0 saturated heterocycles. The molecular weight excluding hydrogens is 306 g/mol. The Morgan fingerprint density at radius 3 is 3.06 bits per heavy atom. The molecule has 0 unspecified atom stereocenters. The molecule has 0 aliphatic rings. The van der Waals surface area contributed by atoms with Gasteiger partial charge in [-0.05, 0) is 15.9 Å². The summed E-state index contributed by atoms with van der Waals surface area (Å²) >= 11 is 6.62. The third-order valence-electron chi connectivity index (χ3n) is 1.93. The molecule has 0 fully saturated rings. The van der Waals surface area contributed by atoms with E-state index >= 15 is 0 Å². The Morgan fingerprint density at radius 1 is 1.62 bits per heavy atom. The van der Waals surface area contributed by atoms with Gasteiger partial charge < -0.3 is 4.57 Å². The Morgan fingerprint density at radius 2 is 2.44 bits per heavy atom. The van der Waals surface area contributed by atoms with Gasteiger partial charge in [-0.3, -0.25) is 0 Å². The van der Waals surface area contributed by atoms with Gasteiger partial charge in [0.1, 0.15) is 0 Å². The second kappa shape index (κ2) is 5.16. The van der Waals surface area contributed by atoms with E-state index < -0.39 is 0 Å². The van der Waals surface area contributed by atoms with Crippen molar-refractivity contribution in [1.29, 1.82) is 0 Å². The number of thiophene rings is 1. The number of halogens is 1. The Kier molecular flexibility index (Phi) is 3.83. The molecule has 2 heterocycles. The number of aromatic nitrogens is 3. The first kappa shape index (κ1) is 11.9. The van der Waals surface area contributed by atoms with Crippen molar-refractivity contribution >= 4 is 39.0 Å². The molecule has 2 rings (SSSR count). The summed E-state index contributed by atoms with van der Waals surface area (Å²) in [5.74, 6) is 1.72. The van der Waals surface area contributed by atoms with Crippen LogP contribution in [-0.2, 0) is 7.05 Å². The lowest BCUT2D eigenvalue weighted by Crippen LogP contribution is -1.93. The zero-order valence-corrected chi connectivity index (χ0v) is 11.9. The van der Waals surface area contributed by atoms with Crippen LogP contribution in [0.3, 0.4) is 0 Å². The van der Waals surface area contributed by atoms with Gasteiger partial charge in [0.25, 0.3) is 0 Å². The Balaban J connectivity index is 2.21. The van der Waals surface area contributed by atoms with Crippen molar-refractivity contribution in [3.05, 3.63) is 28.6 Å². The van der Waals surface area contributed by atoms with Gasteiger partial charge in [0, 0.05) is 12.8 Å². The number of thioether (sulfide) groups is 1. The average molecular weight is 316 g/mol. The standard InChI is InChI=1S/C10H10BrN3S2/c1-7(11)6-16-10-13-12-9(14(10)2)8-4-3-5-15-8/h3-5H,1,6H2,2H3. The van der Waals surface area contributed by atoms with E-state index in [1.54, 1.807) is 23.1 Å². The summed E-state index contributed by atoms with van der Waals surface area (Å²) in [6.07, 6.45) is 0. The van der Waals surface area contributed by atoms with Crippen LogP contribution in [0.4, 0.5) is 0 Å². The van der Waals surface area contributed by atoms with Gasteiger partial charge in [-0.2, -0.15) is 0 Å². The fourth-order valence-electron chi connectivity index (χ4n) is 1.20. The van der Waals surface area contributed by atoms with Crippen LogP contribution in [0.2, 0.25) is 0 Å². The summed E-state index contributed by atoms with van der Waals surface area (Å²) in [6, 6.07) is 4.06. The van der Waals surface area contributed by atoms with Gasteiger partial charge in [0.2, 0.25) is 0 Å². The molecule has 6 heteroatoms. The topological polar surface area (TPSA) is 30.7 Å². The van der Waals surface area contributed by atoms with E-state index in [1.807, 2.05) is 29.1 Å². The maximum atomic E-state index is 4.19. The van der Waals surface area contributed by atoms with Crippen LogP contribution in [0.15, 0.2) is 33.7 Å². The minimum absolute atomic E-state index is 0.802. The monoisotopic (exact) mass is 315 g/mol. The van der Waals surface area contributed by atoms with Crippen LogP contribution < -0.4 is 0 Å². The summed E-state index contributed by atoms with van der Waals surface area (Å²) < 4.78 is 2.96. The molecule has 0 bridgehead atoms. The summed E-state index contributed by atoms with van der Waals surface area (Å²) in [7, 11) is 1.98. The van der Waals surface area contributed by atoms with Gasteiger partial charge in [-0.25, -0.2) is 0 Å². The van der Waals surface area contributed by atoms with Crippen molar-refractivity contribution in [3.8, 4) is 10.7 Å². The van der Waals surface area contributed by atoms with Crippen LogP contribution in [0.1, 0.15) is 0 Å². The van der Waals surface area contributed by atoms with Gasteiger partial charge in [-0.15, -0.1) is 21.5 Å². The number of rotatable bonds is 4. The highest BCUT2D eigenvalue weighted by Crippen LogP contribution is 2.27. The summed E-state index contributed by atoms with van der Waals surface area (Å²) in [5.41, 5.74) is 0. The van der Waals surface area contributed by atoms with Gasteiger partial charge in [0.05, 0.1) is 4.88 Å². The van der Waals surface area contributed by atoms with Crippen molar-refractivity contribution < 1.29 is 0 Å². The summed E-state index contributed by atoms with van der Waals surface area (Å²) in [4.78, 5) is 1.14. The minimum Gasteiger partial charge on any atom is -0.304 e. The van der Waals surface area contributed by atoms with Gasteiger partial charge in [0.15, 0.2) is 11.0 Å². The normalized spacial score (nSPS) is 10.6. The minimum atomic E-state index is 0.802. The van der Waals surface area contributed by atoms with Crippen LogP contribution >= 0.6 is 39.0 Å². The molecule has 0 aromatic carbocycles. The smallest absolute Gasteiger partial charge is 0.191 e. The highest BCUT2D eigenvalue weighted by molar-refractivity contribution is 9.11. The number of nitrogens with zero attached hydrogens (tertiary/aromatic N) is 3. The Bertz CT molecular complexity index is 490. The predicted octanol–water partition coefficient (Wildman–Crippen LogP) is 3.54. The van der Waals surface area contributed by atoms with Gasteiger partial charge in [-0.1, -0.05) is 40.3 Å². The Labute approximate surface area is 111 Å². The average Bonchev–Trinajstić information content (AvgIpc) is 2.84. The molecule has 16 heavy (non-hydrogen) atoms. The molecule has 0 aliphatic carbocycles. The molecule has 3 nitrogen and oxygen atoms in total. The first-order chi connectivity index (χ1) is 7.68. The zero-order valence-electron chi connectivity index (χ0n) is 8.68.